The summed E-state index contributed by atoms with van der Waals surface area (Å²) < 4.78 is 5.32. The minimum atomic E-state index is 0.450. The fourth-order valence-electron chi connectivity index (χ4n) is 3.31. The van der Waals surface area contributed by atoms with E-state index < -0.39 is 0 Å². The van der Waals surface area contributed by atoms with E-state index in [1.165, 1.54) is 0 Å². The van der Waals surface area contributed by atoms with E-state index >= 15 is 0 Å². The van der Waals surface area contributed by atoms with Crippen molar-refractivity contribution in [2.45, 2.75) is 0 Å². The van der Waals surface area contributed by atoms with Crippen molar-refractivity contribution in [2.24, 2.45) is 5.73 Å². The lowest BCUT2D eigenvalue weighted by molar-refractivity contribution is 0.0681. The molecular formula is C21H24N6O. The van der Waals surface area contributed by atoms with Gasteiger partial charge in [-0.05, 0) is 36.4 Å². The quantitative estimate of drug-likeness (QED) is 0.365. The van der Waals surface area contributed by atoms with Gasteiger partial charge in [-0.15, -0.1) is 0 Å². The third-order valence-electron chi connectivity index (χ3n) is 4.86. The van der Waals surface area contributed by atoms with E-state index in [0.29, 0.717) is 24.7 Å². The highest BCUT2D eigenvalue weighted by atomic mass is 16.5. The average Bonchev–Trinajstić information content (AvgIpc) is 3.15. The number of nitrogen functional groups attached to an aromatic ring is 1. The number of allylic oxidation sites excluding steroid dienone is 4. The summed E-state index contributed by atoms with van der Waals surface area (Å²) in [6.07, 6.45) is 11.4. The van der Waals surface area contributed by atoms with Gasteiger partial charge in [0, 0.05) is 48.0 Å². The van der Waals surface area contributed by atoms with Crippen LogP contribution in [0.15, 0.2) is 78.1 Å². The Morgan fingerprint density at radius 3 is 2.82 bits per heavy atom. The van der Waals surface area contributed by atoms with Gasteiger partial charge in [0.2, 0.25) is 0 Å². The predicted molar refractivity (Wildman–Crippen MR) is 112 cm³/mol. The first kappa shape index (κ1) is 17.9. The summed E-state index contributed by atoms with van der Waals surface area (Å²) in [5.41, 5.74) is 16.5. The molecule has 4 rings (SSSR count). The van der Waals surface area contributed by atoms with Crippen LogP contribution in [0.1, 0.15) is 5.56 Å². The van der Waals surface area contributed by atoms with Gasteiger partial charge in [0.15, 0.2) is 0 Å². The minimum absolute atomic E-state index is 0.450. The van der Waals surface area contributed by atoms with Crippen molar-refractivity contribution in [3.63, 3.8) is 0 Å². The van der Waals surface area contributed by atoms with Gasteiger partial charge in [-0.2, -0.15) is 0 Å². The van der Waals surface area contributed by atoms with Gasteiger partial charge in [-0.25, -0.2) is 0 Å². The number of ether oxygens (including phenoxy) is 1. The van der Waals surface area contributed by atoms with E-state index in [2.05, 4.69) is 10.2 Å². The van der Waals surface area contributed by atoms with E-state index in [4.69, 9.17) is 21.6 Å². The van der Waals surface area contributed by atoms with Crippen molar-refractivity contribution in [3.8, 4) is 0 Å². The second kappa shape index (κ2) is 7.66. The Bertz CT molecular complexity index is 934. The fourth-order valence-corrected chi connectivity index (χ4v) is 3.31. The highest BCUT2D eigenvalue weighted by molar-refractivity contribution is 5.90. The van der Waals surface area contributed by atoms with Crippen LogP contribution in [0.4, 0.5) is 5.69 Å². The number of morpholine rings is 1. The van der Waals surface area contributed by atoms with E-state index in [0.717, 1.165) is 41.4 Å². The molecule has 3 heterocycles. The van der Waals surface area contributed by atoms with Crippen molar-refractivity contribution >= 4 is 17.2 Å². The molecule has 6 N–H and O–H groups in total. The predicted octanol–water partition coefficient (Wildman–Crippen LogP) is 1.92. The molecule has 0 atom stereocenters. The zero-order valence-corrected chi connectivity index (χ0v) is 15.6. The lowest BCUT2D eigenvalue weighted by Gasteiger charge is -2.27. The number of amidine groups is 1. The maximum absolute atomic E-state index is 8.18. The largest absolute Gasteiger partial charge is 0.399 e. The lowest BCUT2D eigenvalue weighted by atomic mass is 10.1. The number of nitrogens with zero attached hydrogens (tertiary/aromatic N) is 2. The van der Waals surface area contributed by atoms with Gasteiger partial charge < -0.3 is 31.3 Å². The first-order chi connectivity index (χ1) is 13.6. The van der Waals surface area contributed by atoms with Crippen molar-refractivity contribution in [3.05, 3.63) is 83.6 Å². The Balaban J connectivity index is 1.48. The molecule has 0 bridgehead atoms. The van der Waals surface area contributed by atoms with Gasteiger partial charge in [0.25, 0.3) is 0 Å². The smallest absolute Gasteiger partial charge is 0.120 e. The van der Waals surface area contributed by atoms with Crippen LogP contribution >= 0.6 is 0 Å². The third kappa shape index (κ3) is 3.65. The molecule has 7 heteroatoms. The van der Waals surface area contributed by atoms with Gasteiger partial charge in [-0.1, -0.05) is 12.1 Å². The van der Waals surface area contributed by atoms with Crippen LogP contribution < -0.4 is 16.8 Å². The van der Waals surface area contributed by atoms with Crippen LogP contribution in [0.5, 0.6) is 0 Å². The second-order valence-electron chi connectivity index (χ2n) is 6.74. The molecule has 28 heavy (non-hydrogen) atoms. The summed E-state index contributed by atoms with van der Waals surface area (Å²) in [5, 5.41) is 11.5. The number of rotatable bonds is 3. The van der Waals surface area contributed by atoms with Gasteiger partial charge in [0.1, 0.15) is 11.7 Å². The number of nitrogens with two attached hydrogens (primary N) is 2. The molecule has 7 nitrogen and oxygen atoms in total. The van der Waals surface area contributed by atoms with E-state index in [1.54, 1.807) is 12.2 Å². The lowest BCUT2D eigenvalue weighted by Crippen LogP contribution is -2.39. The summed E-state index contributed by atoms with van der Waals surface area (Å²) >= 11 is 0. The zero-order valence-electron chi connectivity index (χ0n) is 15.6. The molecule has 1 aromatic rings. The molecule has 1 saturated heterocycles. The summed E-state index contributed by atoms with van der Waals surface area (Å²) in [7, 11) is 0. The molecule has 0 radical (unpaired) electrons. The van der Waals surface area contributed by atoms with Crippen molar-refractivity contribution in [1.29, 1.82) is 5.41 Å². The van der Waals surface area contributed by atoms with Crippen LogP contribution in [0.2, 0.25) is 0 Å². The maximum atomic E-state index is 8.18. The molecule has 3 aliphatic rings. The number of hydrogen-bond acceptors (Lipinski definition) is 6. The van der Waals surface area contributed by atoms with E-state index in [-0.39, 0.29) is 0 Å². The summed E-state index contributed by atoms with van der Waals surface area (Å²) in [4.78, 5) is 4.04. The van der Waals surface area contributed by atoms with E-state index in [1.807, 2.05) is 53.7 Å². The molecule has 144 valence electrons. The summed E-state index contributed by atoms with van der Waals surface area (Å²) in [6, 6.07) is 7.79. The van der Waals surface area contributed by atoms with Gasteiger partial charge in [0.05, 0.1) is 18.9 Å². The number of benzene rings is 1. The Morgan fingerprint density at radius 2 is 2.04 bits per heavy atom. The number of fused-ring (bicyclic) bond motifs is 1. The normalized spacial score (nSPS) is 20.6. The molecular weight excluding hydrogens is 352 g/mol. The van der Waals surface area contributed by atoms with Crippen molar-refractivity contribution < 1.29 is 4.74 Å². The first-order valence-electron chi connectivity index (χ1n) is 9.22. The highest BCUT2D eigenvalue weighted by Crippen LogP contribution is 2.31. The fraction of sp³-hybridized carbons (Fsp3) is 0.190. The zero-order chi connectivity index (χ0) is 19.5. The van der Waals surface area contributed by atoms with E-state index in [9.17, 15) is 0 Å². The highest BCUT2D eigenvalue weighted by Gasteiger charge is 2.22. The van der Waals surface area contributed by atoms with Crippen LogP contribution in [-0.2, 0) is 4.74 Å². The van der Waals surface area contributed by atoms with Crippen LogP contribution in [0, 0.1) is 5.41 Å². The Morgan fingerprint density at radius 1 is 1.21 bits per heavy atom. The van der Waals surface area contributed by atoms with Crippen LogP contribution in [0.25, 0.3) is 5.70 Å². The average molecular weight is 376 g/mol. The van der Waals surface area contributed by atoms with Crippen LogP contribution in [-0.4, -0.2) is 41.9 Å². The van der Waals surface area contributed by atoms with Gasteiger partial charge >= 0.3 is 0 Å². The molecule has 0 unspecified atom stereocenters. The Hall–Kier alpha value is -3.45. The van der Waals surface area contributed by atoms with Crippen LogP contribution in [0.3, 0.4) is 0 Å². The molecule has 0 spiro atoms. The number of anilines is 1. The molecule has 0 amide bonds. The van der Waals surface area contributed by atoms with Crippen molar-refractivity contribution in [1.82, 2.24) is 15.1 Å². The monoisotopic (exact) mass is 376 g/mol. The minimum Gasteiger partial charge on any atom is -0.399 e. The Kier molecular flexibility index (Phi) is 4.90. The maximum Gasteiger partial charge on any atom is 0.120 e. The first-order valence-corrected chi connectivity index (χ1v) is 9.22. The number of hydrogen-bond donors (Lipinski definition) is 4. The van der Waals surface area contributed by atoms with Crippen molar-refractivity contribution in [2.75, 3.05) is 32.0 Å². The summed E-state index contributed by atoms with van der Waals surface area (Å²) in [6.45, 7) is 2.79. The molecule has 3 aliphatic heterocycles. The topological polar surface area (TPSA) is 104 Å². The molecule has 1 aromatic carbocycles. The molecule has 1 fully saturated rings. The molecule has 0 aliphatic carbocycles. The van der Waals surface area contributed by atoms with Gasteiger partial charge in [-0.3, -0.25) is 5.41 Å². The molecule has 0 saturated carbocycles. The second-order valence-corrected chi connectivity index (χ2v) is 6.74. The third-order valence-corrected chi connectivity index (χ3v) is 4.86. The molecule has 0 aromatic heterocycles. The summed E-state index contributed by atoms with van der Waals surface area (Å²) in [5.74, 6) is 1.38. The standard InChI is InChI=1S/C21H24N6O/c22-17-3-1-2-16(12-17)19-14-25-21-13-15(6-7-27(19)21)18(23)4-5-20(24)26-8-10-28-11-9-26/h1-7,12-14,24-25H,8-11,22-23H2. The SMILES string of the molecule is N=C(C=CC(N)=C1C=CN2C(=C1)NC=C2c1cccc(N)c1)N1CCOCC1. The number of nitrogens with one attached hydrogen (secondary N) is 2. The Labute approximate surface area is 164 Å².